The molecule has 110 valence electrons. The van der Waals surface area contributed by atoms with Crippen molar-refractivity contribution in [3.63, 3.8) is 0 Å². The Morgan fingerprint density at radius 1 is 1.10 bits per heavy atom. The zero-order valence-electron chi connectivity index (χ0n) is 11.2. The number of morpholine rings is 1. The van der Waals surface area contributed by atoms with Crippen LogP contribution in [0.1, 0.15) is 0 Å². The lowest BCUT2D eigenvalue weighted by atomic mass is 10.3. The summed E-state index contributed by atoms with van der Waals surface area (Å²) < 4.78 is 5.34. The van der Waals surface area contributed by atoms with E-state index in [1.807, 2.05) is 12.1 Å². The van der Waals surface area contributed by atoms with Gasteiger partial charge in [0.15, 0.2) is 0 Å². The van der Waals surface area contributed by atoms with E-state index in [0.29, 0.717) is 16.0 Å². The predicted molar refractivity (Wildman–Crippen MR) is 84.8 cm³/mol. The van der Waals surface area contributed by atoms with Gasteiger partial charge in [0.05, 0.1) is 23.3 Å². The van der Waals surface area contributed by atoms with Gasteiger partial charge in [-0.2, -0.15) is 4.98 Å². The summed E-state index contributed by atoms with van der Waals surface area (Å²) in [6, 6.07) is 7.21. The average Bonchev–Trinajstić information content (AvgIpc) is 2.52. The number of hydrogen-bond donors (Lipinski definition) is 1. The molecule has 2 aromatic rings. The Labute approximate surface area is 132 Å². The summed E-state index contributed by atoms with van der Waals surface area (Å²) in [4.78, 5) is 10.9. The van der Waals surface area contributed by atoms with Crippen LogP contribution in [0.5, 0.6) is 0 Å². The van der Waals surface area contributed by atoms with Gasteiger partial charge in [-0.15, -0.1) is 0 Å². The van der Waals surface area contributed by atoms with Crippen molar-refractivity contribution in [1.82, 2.24) is 9.97 Å². The van der Waals surface area contributed by atoms with Crippen molar-refractivity contribution < 1.29 is 4.74 Å². The number of hydrogen-bond acceptors (Lipinski definition) is 5. The third kappa shape index (κ3) is 3.56. The summed E-state index contributed by atoms with van der Waals surface area (Å²) in [5, 5.41) is 4.14. The number of halogens is 2. The van der Waals surface area contributed by atoms with Crippen LogP contribution in [0.25, 0.3) is 0 Å². The van der Waals surface area contributed by atoms with Crippen molar-refractivity contribution in [2.75, 3.05) is 36.5 Å². The third-order valence-corrected chi connectivity index (χ3v) is 3.89. The molecule has 0 radical (unpaired) electrons. The minimum atomic E-state index is 0.492. The fourth-order valence-corrected chi connectivity index (χ4v) is 2.38. The van der Waals surface area contributed by atoms with Crippen molar-refractivity contribution in [3.8, 4) is 0 Å². The molecule has 0 spiro atoms. The highest BCUT2D eigenvalue weighted by atomic mass is 35.5. The normalized spacial score (nSPS) is 15.0. The molecule has 0 saturated carbocycles. The lowest BCUT2D eigenvalue weighted by molar-refractivity contribution is 0.122. The molecule has 2 heterocycles. The quantitative estimate of drug-likeness (QED) is 0.938. The molecule has 0 aliphatic carbocycles. The Morgan fingerprint density at radius 3 is 2.67 bits per heavy atom. The Hall–Kier alpha value is -1.56. The van der Waals surface area contributed by atoms with Crippen molar-refractivity contribution in [3.05, 3.63) is 40.5 Å². The molecule has 1 aliphatic rings. The molecule has 7 heteroatoms. The predicted octanol–water partition coefficient (Wildman–Crippen LogP) is 3.36. The Morgan fingerprint density at radius 2 is 1.90 bits per heavy atom. The van der Waals surface area contributed by atoms with Gasteiger partial charge in [-0.3, -0.25) is 0 Å². The molecule has 0 atom stereocenters. The number of nitrogens with zero attached hydrogens (tertiary/aromatic N) is 3. The maximum atomic E-state index is 6.00. The van der Waals surface area contributed by atoms with Gasteiger partial charge >= 0.3 is 0 Å². The summed E-state index contributed by atoms with van der Waals surface area (Å²) >= 11 is 11.9. The van der Waals surface area contributed by atoms with Crippen LogP contribution < -0.4 is 10.2 Å². The first-order valence-electron chi connectivity index (χ1n) is 6.60. The summed E-state index contributed by atoms with van der Waals surface area (Å²) in [5.41, 5.74) is 0.795. The van der Waals surface area contributed by atoms with Gasteiger partial charge in [-0.25, -0.2) is 4.98 Å². The first kappa shape index (κ1) is 14.4. The lowest BCUT2D eigenvalue weighted by Crippen LogP contribution is -2.36. The van der Waals surface area contributed by atoms with Crippen LogP contribution in [0.2, 0.25) is 10.0 Å². The van der Waals surface area contributed by atoms with E-state index in [-0.39, 0.29) is 0 Å². The molecular weight excluding hydrogens is 311 g/mol. The fourth-order valence-electron chi connectivity index (χ4n) is 2.08. The summed E-state index contributed by atoms with van der Waals surface area (Å²) in [7, 11) is 0. The number of aromatic nitrogens is 2. The van der Waals surface area contributed by atoms with Gasteiger partial charge in [0.1, 0.15) is 5.82 Å². The minimum Gasteiger partial charge on any atom is -0.378 e. The second kappa shape index (κ2) is 6.47. The number of ether oxygens (including phenoxy) is 1. The minimum absolute atomic E-state index is 0.492. The monoisotopic (exact) mass is 324 g/mol. The molecule has 1 fully saturated rings. The van der Waals surface area contributed by atoms with Crippen molar-refractivity contribution in [2.45, 2.75) is 0 Å². The zero-order valence-corrected chi connectivity index (χ0v) is 12.7. The van der Waals surface area contributed by atoms with Gasteiger partial charge in [0.2, 0.25) is 5.95 Å². The Bertz CT molecular complexity index is 632. The molecule has 0 amide bonds. The van der Waals surface area contributed by atoms with E-state index in [1.165, 1.54) is 0 Å². The van der Waals surface area contributed by atoms with Crippen LogP contribution >= 0.6 is 23.2 Å². The Kier molecular flexibility index (Phi) is 4.43. The summed E-state index contributed by atoms with van der Waals surface area (Å²) in [6.07, 6.45) is 1.73. The highest BCUT2D eigenvalue weighted by Gasteiger charge is 2.13. The van der Waals surface area contributed by atoms with E-state index in [0.717, 1.165) is 37.8 Å². The molecule has 1 N–H and O–H groups in total. The van der Waals surface area contributed by atoms with Gasteiger partial charge in [-0.1, -0.05) is 23.2 Å². The van der Waals surface area contributed by atoms with Crippen molar-refractivity contribution >= 4 is 40.7 Å². The SMILES string of the molecule is Clc1ccc(Nc2nccc(N3CCOCC3)n2)cc1Cl. The van der Waals surface area contributed by atoms with E-state index in [1.54, 1.807) is 18.3 Å². The van der Waals surface area contributed by atoms with Crippen LogP contribution in [0.3, 0.4) is 0 Å². The van der Waals surface area contributed by atoms with Crippen LogP contribution in [0.15, 0.2) is 30.5 Å². The molecule has 0 unspecified atom stereocenters. The third-order valence-electron chi connectivity index (χ3n) is 3.15. The topological polar surface area (TPSA) is 50.3 Å². The average molecular weight is 325 g/mol. The largest absolute Gasteiger partial charge is 0.378 e. The molecule has 1 aromatic carbocycles. The number of rotatable bonds is 3. The fraction of sp³-hybridized carbons (Fsp3) is 0.286. The van der Waals surface area contributed by atoms with Crippen LogP contribution in [-0.4, -0.2) is 36.3 Å². The first-order chi connectivity index (χ1) is 10.2. The van der Waals surface area contributed by atoms with E-state index >= 15 is 0 Å². The molecule has 1 saturated heterocycles. The Balaban J connectivity index is 1.77. The van der Waals surface area contributed by atoms with Gasteiger partial charge in [-0.05, 0) is 24.3 Å². The van der Waals surface area contributed by atoms with E-state index in [4.69, 9.17) is 27.9 Å². The molecule has 0 bridgehead atoms. The van der Waals surface area contributed by atoms with E-state index in [2.05, 4.69) is 20.2 Å². The van der Waals surface area contributed by atoms with Gasteiger partial charge in [0, 0.05) is 25.0 Å². The summed E-state index contributed by atoms with van der Waals surface area (Å²) in [5.74, 6) is 1.41. The van der Waals surface area contributed by atoms with Crippen LogP contribution in [0.4, 0.5) is 17.5 Å². The van der Waals surface area contributed by atoms with Gasteiger partial charge < -0.3 is 15.0 Å². The van der Waals surface area contributed by atoms with Gasteiger partial charge in [0.25, 0.3) is 0 Å². The second-order valence-corrected chi connectivity index (χ2v) is 5.41. The standard InChI is InChI=1S/C14H14Cl2N4O/c15-11-2-1-10(9-12(11)16)18-14-17-4-3-13(19-14)20-5-7-21-8-6-20/h1-4,9H,5-8H2,(H,17,18,19). The first-order valence-corrected chi connectivity index (χ1v) is 7.36. The molecule has 21 heavy (non-hydrogen) atoms. The molecule has 1 aromatic heterocycles. The maximum absolute atomic E-state index is 6.00. The number of anilines is 3. The molecule has 3 rings (SSSR count). The molecule has 1 aliphatic heterocycles. The highest BCUT2D eigenvalue weighted by Crippen LogP contribution is 2.26. The van der Waals surface area contributed by atoms with E-state index < -0.39 is 0 Å². The van der Waals surface area contributed by atoms with E-state index in [9.17, 15) is 0 Å². The highest BCUT2D eigenvalue weighted by molar-refractivity contribution is 6.42. The second-order valence-electron chi connectivity index (χ2n) is 4.59. The lowest BCUT2D eigenvalue weighted by Gasteiger charge is -2.27. The van der Waals surface area contributed by atoms with Crippen molar-refractivity contribution in [1.29, 1.82) is 0 Å². The van der Waals surface area contributed by atoms with Crippen LogP contribution in [-0.2, 0) is 4.74 Å². The molecular formula is C14H14Cl2N4O. The zero-order chi connectivity index (χ0) is 14.7. The van der Waals surface area contributed by atoms with Crippen LogP contribution in [0, 0.1) is 0 Å². The molecule has 5 nitrogen and oxygen atoms in total. The smallest absolute Gasteiger partial charge is 0.229 e. The number of benzene rings is 1. The maximum Gasteiger partial charge on any atom is 0.229 e. The van der Waals surface area contributed by atoms with Crippen molar-refractivity contribution in [2.24, 2.45) is 0 Å². The number of nitrogens with one attached hydrogen (secondary N) is 1. The summed E-state index contributed by atoms with van der Waals surface area (Å²) in [6.45, 7) is 3.12.